The molecular formula is C21H17N3O3. The van der Waals surface area contributed by atoms with E-state index in [2.05, 4.69) is 11.1 Å². The largest absolute Gasteiger partial charge is 0.497 e. The van der Waals surface area contributed by atoms with E-state index in [1.165, 1.54) is 0 Å². The van der Waals surface area contributed by atoms with Crippen LogP contribution in [-0.4, -0.2) is 18.9 Å². The van der Waals surface area contributed by atoms with E-state index in [0.29, 0.717) is 17.1 Å². The third-order valence-electron chi connectivity index (χ3n) is 4.61. The lowest BCUT2D eigenvalue weighted by Gasteiger charge is -2.15. The molecule has 1 aliphatic rings. The molecule has 2 N–H and O–H groups in total. The van der Waals surface area contributed by atoms with E-state index in [1.54, 1.807) is 7.11 Å². The molecule has 0 amide bonds. The smallest absolute Gasteiger partial charge is 0.231 e. The predicted molar refractivity (Wildman–Crippen MR) is 102 cm³/mol. The highest BCUT2D eigenvalue weighted by atomic mass is 16.7. The number of nitriles is 1. The van der Waals surface area contributed by atoms with Gasteiger partial charge < -0.3 is 19.9 Å². The molecule has 2 heterocycles. The number of nitrogens with zero attached hydrogens (tertiary/aromatic N) is 2. The summed E-state index contributed by atoms with van der Waals surface area (Å²) in [5, 5.41) is 9.67. The highest BCUT2D eigenvalue weighted by Crippen LogP contribution is 2.40. The van der Waals surface area contributed by atoms with Crippen LogP contribution < -0.4 is 19.9 Å². The minimum atomic E-state index is 0.193. The van der Waals surface area contributed by atoms with Gasteiger partial charge in [0, 0.05) is 11.1 Å². The molecule has 1 aliphatic heterocycles. The zero-order chi connectivity index (χ0) is 19.0. The number of aromatic nitrogens is 1. The number of nitrogen functional groups attached to an aromatic ring is 1. The summed E-state index contributed by atoms with van der Waals surface area (Å²) in [5.41, 5.74) is 10.5. The zero-order valence-corrected chi connectivity index (χ0v) is 14.9. The first kappa shape index (κ1) is 16.7. The third kappa shape index (κ3) is 2.79. The van der Waals surface area contributed by atoms with Crippen molar-refractivity contribution in [3.63, 3.8) is 0 Å². The number of pyridine rings is 1. The first-order valence-electron chi connectivity index (χ1n) is 8.37. The number of hydrogen-bond acceptors (Lipinski definition) is 6. The lowest BCUT2D eigenvalue weighted by atomic mass is 9.92. The Bertz CT molecular complexity index is 1070. The Morgan fingerprint density at radius 1 is 1.07 bits per heavy atom. The number of hydrogen-bond donors (Lipinski definition) is 1. The second-order valence-electron chi connectivity index (χ2n) is 6.13. The monoisotopic (exact) mass is 359 g/mol. The molecule has 3 aromatic rings. The molecule has 0 saturated heterocycles. The van der Waals surface area contributed by atoms with Gasteiger partial charge in [-0.1, -0.05) is 6.07 Å². The van der Waals surface area contributed by atoms with E-state index >= 15 is 0 Å². The van der Waals surface area contributed by atoms with E-state index in [9.17, 15) is 5.26 Å². The number of anilines is 1. The van der Waals surface area contributed by atoms with Crippen molar-refractivity contribution < 1.29 is 14.2 Å². The van der Waals surface area contributed by atoms with Crippen LogP contribution in [0.25, 0.3) is 22.4 Å². The van der Waals surface area contributed by atoms with Gasteiger partial charge >= 0.3 is 0 Å². The fourth-order valence-electron chi connectivity index (χ4n) is 3.25. The van der Waals surface area contributed by atoms with Gasteiger partial charge in [-0.15, -0.1) is 0 Å². The molecular weight excluding hydrogens is 342 g/mol. The van der Waals surface area contributed by atoms with Crippen LogP contribution in [0.3, 0.4) is 0 Å². The van der Waals surface area contributed by atoms with E-state index in [-0.39, 0.29) is 12.6 Å². The number of methoxy groups -OCH3 is 1. The molecule has 4 rings (SSSR count). The van der Waals surface area contributed by atoms with Crippen molar-refractivity contribution in [2.45, 2.75) is 6.92 Å². The standard InChI is InChI=1S/C21H17N3O3/c1-12-19(14-5-8-17-18(9-14)27-11-26-17)16(10-22)21(23)24-20(12)13-3-6-15(25-2)7-4-13/h3-9H,11H2,1-2H3,(H2,23,24). The minimum absolute atomic E-state index is 0.193. The van der Waals surface area contributed by atoms with Gasteiger partial charge in [-0.3, -0.25) is 0 Å². The Morgan fingerprint density at radius 2 is 1.78 bits per heavy atom. The molecule has 0 bridgehead atoms. The lowest BCUT2D eigenvalue weighted by molar-refractivity contribution is 0.174. The minimum Gasteiger partial charge on any atom is -0.497 e. The Balaban J connectivity index is 1.92. The van der Waals surface area contributed by atoms with Crippen LogP contribution in [0.1, 0.15) is 11.1 Å². The number of benzene rings is 2. The predicted octanol–water partition coefficient (Wildman–Crippen LogP) is 3.92. The molecule has 0 atom stereocenters. The Labute approximate surface area is 156 Å². The van der Waals surface area contributed by atoms with E-state index in [4.69, 9.17) is 19.9 Å². The molecule has 0 spiro atoms. The molecule has 0 saturated carbocycles. The fraction of sp³-hybridized carbons (Fsp3) is 0.143. The first-order chi connectivity index (χ1) is 13.1. The number of rotatable bonds is 3. The molecule has 2 aromatic carbocycles. The summed E-state index contributed by atoms with van der Waals surface area (Å²) in [7, 11) is 1.62. The van der Waals surface area contributed by atoms with Crippen molar-refractivity contribution in [1.29, 1.82) is 5.26 Å². The van der Waals surface area contributed by atoms with Crippen LogP contribution in [0.15, 0.2) is 42.5 Å². The van der Waals surface area contributed by atoms with Crippen LogP contribution in [0.4, 0.5) is 5.82 Å². The summed E-state index contributed by atoms with van der Waals surface area (Å²) in [6.45, 7) is 2.13. The number of nitrogens with two attached hydrogens (primary N) is 1. The number of ether oxygens (including phenoxy) is 3. The lowest BCUT2D eigenvalue weighted by Crippen LogP contribution is -2.03. The van der Waals surface area contributed by atoms with Crippen molar-refractivity contribution in [1.82, 2.24) is 4.98 Å². The van der Waals surface area contributed by atoms with Gasteiger partial charge in [-0.05, 0) is 54.4 Å². The summed E-state index contributed by atoms with van der Waals surface area (Å²) in [6.07, 6.45) is 0. The molecule has 0 radical (unpaired) electrons. The second kappa shape index (κ2) is 6.54. The van der Waals surface area contributed by atoms with Crippen molar-refractivity contribution in [2.75, 3.05) is 19.6 Å². The molecule has 1 aromatic heterocycles. The van der Waals surface area contributed by atoms with Gasteiger partial charge in [0.2, 0.25) is 6.79 Å². The molecule has 6 heteroatoms. The molecule has 27 heavy (non-hydrogen) atoms. The van der Waals surface area contributed by atoms with E-state index in [0.717, 1.165) is 33.7 Å². The third-order valence-corrected chi connectivity index (χ3v) is 4.61. The topological polar surface area (TPSA) is 90.4 Å². The zero-order valence-electron chi connectivity index (χ0n) is 14.9. The number of fused-ring (bicyclic) bond motifs is 1. The van der Waals surface area contributed by atoms with Gasteiger partial charge in [-0.25, -0.2) is 4.98 Å². The van der Waals surface area contributed by atoms with Crippen molar-refractivity contribution in [3.05, 3.63) is 53.6 Å². The van der Waals surface area contributed by atoms with Crippen LogP contribution >= 0.6 is 0 Å². The molecule has 134 valence electrons. The van der Waals surface area contributed by atoms with Crippen LogP contribution in [0.2, 0.25) is 0 Å². The highest BCUT2D eigenvalue weighted by molar-refractivity contribution is 5.85. The maximum Gasteiger partial charge on any atom is 0.231 e. The van der Waals surface area contributed by atoms with Gasteiger partial charge in [0.25, 0.3) is 0 Å². The summed E-state index contributed by atoms with van der Waals surface area (Å²) >= 11 is 0. The Kier molecular flexibility index (Phi) is 4.05. The van der Waals surface area contributed by atoms with Gasteiger partial charge in [-0.2, -0.15) is 5.26 Å². The summed E-state index contributed by atoms with van der Waals surface area (Å²) in [5.74, 6) is 2.29. The summed E-state index contributed by atoms with van der Waals surface area (Å²) in [4.78, 5) is 4.49. The molecule has 0 unspecified atom stereocenters. The quantitative estimate of drug-likeness (QED) is 0.762. The van der Waals surface area contributed by atoms with Crippen molar-refractivity contribution in [2.24, 2.45) is 0 Å². The SMILES string of the molecule is COc1ccc(-c2nc(N)c(C#N)c(-c3ccc4c(c3)OCO4)c2C)cc1. The van der Waals surface area contributed by atoms with E-state index in [1.807, 2.05) is 49.4 Å². The maximum atomic E-state index is 9.67. The van der Waals surface area contributed by atoms with Gasteiger partial charge in [0.05, 0.1) is 12.8 Å². The Hall–Kier alpha value is -3.72. The molecule has 6 nitrogen and oxygen atoms in total. The first-order valence-corrected chi connectivity index (χ1v) is 8.37. The normalized spacial score (nSPS) is 11.9. The van der Waals surface area contributed by atoms with Crippen molar-refractivity contribution >= 4 is 5.82 Å². The Morgan fingerprint density at radius 3 is 2.48 bits per heavy atom. The van der Waals surface area contributed by atoms with Crippen LogP contribution in [-0.2, 0) is 0 Å². The summed E-state index contributed by atoms with van der Waals surface area (Å²) < 4.78 is 16.1. The summed E-state index contributed by atoms with van der Waals surface area (Å²) in [6, 6.07) is 15.4. The molecule has 0 aliphatic carbocycles. The molecule has 0 fully saturated rings. The van der Waals surface area contributed by atoms with E-state index < -0.39 is 0 Å². The van der Waals surface area contributed by atoms with Gasteiger partial charge in [0.1, 0.15) is 23.2 Å². The van der Waals surface area contributed by atoms with Crippen LogP contribution in [0, 0.1) is 18.3 Å². The average molecular weight is 359 g/mol. The highest BCUT2D eigenvalue weighted by Gasteiger charge is 2.21. The average Bonchev–Trinajstić information content (AvgIpc) is 3.17. The van der Waals surface area contributed by atoms with Gasteiger partial charge in [0.15, 0.2) is 11.5 Å². The second-order valence-corrected chi connectivity index (χ2v) is 6.13. The van der Waals surface area contributed by atoms with Crippen LogP contribution in [0.5, 0.6) is 17.2 Å². The maximum absolute atomic E-state index is 9.67. The fourth-order valence-corrected chi connectivity index (χ4v) is 3.25. The van der Waals surface area contributed by atoms with Crippen molar-refractivity contribution in [3.8, 4) is 45.7 Å².